The lowest BCUT2D eigenvalue weighted by Crippen LogP contribution is -1.93. The van der Waals surface area contributed by atoms with E-state index in [1.807, 2.05) is 12.4 Å². The fourth-order valence-electron chi connectivity index (χ4n) is 2.64. The average molecular weight is 261 g/mol. The molecule has 3 aromatic rings. The van der Waals surface area contributed by atoms with Crippen molar-refractivity contribution in [2.75, 3.05) is 0 Å². The number of hydrogen-bond donors (Lipinski definition) is 0. The second-order valence-corrected chi connectivity index (χ2v) is 5.70. The van der Waals surface area contributed by atoms with Crippen molar-refractivity contribution in [3.8, 4) is 11.1 Å². The van der Waals surface area contributed by atoms with Gasteiger partial charge < -0.3 is 0 Å². The van der Waals surface area contributed by atoms with Crippen molar-refractivity contribution in [2.24, 2.45) is 5.92 Å². The Morgan fingerprint density at radius 2 is 1.65 bits per heavy atom. The Hall–Kier alpha value is -2.15. The molecule has 20 heavy (non-hydrogen) atoms. The van der Waals surface area contributed by atoms with Crippen molar-refractivity contribution < 1.29 is 0 Å². The van der Waals surface area contributed by atoms with Gasteiger partial charge >= 0.3 is 0 Å². The second kappa shape index (κ2) is 5.46. The number of aromatic nitrogens is 1. The standard InChI is InChI=1S/C19H19N/c1-14(2)11-15-7-9-16(10-8-15)19-13-20-12-17-5-3-4-6-18(17)19/h3-10,12-14H,11H2,1-2H3. The zero-order valence-electron chi connectivity index (χ0n) is 12.0. The van der Waals surface area contributed by atoms with E-state index >= 15 is 0 Å². The third-order valence-corrected chi connectivity index (χ3v) is 3.58. The zero-order valence-corrected chi connectivity index (χ0v) is 12.0. The fourth-order valence-corrected chi connectivity index (χ4v) is 2.64. The molecule has 1 nitrogen and oxygen atoms in total. The summed E-state index contributed by atoms with van der Waals surface area (Å²) in [5.74, 6) is 0.695. The molecular weight excluding hydrogens is 242 g/mol. The molecule has 0 atom stereocenters. The van der Waals surface area contributed by atoms with Crippen LogP contribution in [0.3, 0.4) is 0 Å². The summed E-state index contributed by atoms with van der Waals surface area (Å²) in [6.07, 6.45) is 5.01. The summed E-state index contributed by atoms with van der Waals surface area (Å²) in [5.41, 5.74) is 3.85. The second-order valence-electron chi connectivity index (χ2n) is 5.70. The van der Waals surface area contributed by atoms with Crippen LogP contribution in [-0.2, 0) is 6.42 Å². The summed E-state index contributed by atoms with van der Waals surface area (Å²) in [5, 5.41) is 2.45. The van der Waals surface area contributed by atoms with E-state index in [0.29, 0.717) is 5.92 Å². The Kier molecular flexibility index (Phi) is 3.51. The Bertz CT molecular complexity index is 706. The quantitative estimate of drug-likeness (QED) is 0.639. The number of fused-ring (bicyclic) bond motifs is 1. The highest BCUT2D eigenvalue weighted by Crippen LogP contribution is 2.27. The first-order valence-corrected chi connectivity index (χ1v) is 7.16. The Balaban J connectivity index is 2.03. The Morgan fingerprint density at radius 1 is 0.900 bits per heavy atom. The minimum atomic E-state index is 0.695. The van der Waals surface area contributed by atoms with Crippen LogP contribution < -0.4 is 0 Å². The highest BCUT2D eigenvalue weighted by Gasteiger charge is 2.04. The number of rotatable bonds is 3. The number of benzene rings is 2. The van der Waals surface area contributed by atoms with Crippen molar-refractivity contribution in [2.45, 2.75) is 20.3 Å². The molecule has 0 aliphatic carbocycles. The lowest BCUT2D eigenvalue weighted by atomic mass is 9.97. The van der Waals surface area contributed by atoms with Gasteiger partial charge in [0.05, 0.1) is 0 Å². The minimum Gasteiger partial charge on any atom is -0.263 e. The Labute approximate surface area is 120 Å². The molecule has 0 radical (unpaired) electrons. The predicted octanol–water partition coefficient (Wildman–Crippen LogP) is 5.10. The van der Waals surface area contributed by atoms with E-state index in [0.717, 1.165) is 6.42 Å². The molecule has 1 heterocycles. The third kappa shape index (κ3) is 2.57. The van der Waals surface area contributed by atoms with Crippen LogP contribution in [0.1, 0.15) is 19.4 Å². The van der Waals surface area contributed by atoms with Crippen molar-refractivity contribution >= 4 is 10.8 Å². The Morgan fingerprint density at radius 3 is 2.40 bits per heavy atom. The van der Waals surface area contributed by atoms with Crippen LogP contribution in [0.5, 0.6) is 0 Å². The first-order chi connectivity index (χ1) is 9.74. The minimum absolute atomic E-state index is 0.695. The van der Waals surface area contributed by atoms with Gasteiger partial charge in [0, 0.05) is 23.3 Å². The van der Waals surface area contributed by atoms with Gasteiger partial charge in [0.15, 0.2) is 0 Å². The molecule has 0 N–H and O–H groups in total. The molecule has 3 rings (SSSR count). The van der Waals surface area contributed by atoms with Crippen molar-refractivity contribution in [1.29, 1.82) is 0 Å². The van der Waals surface area contributed by atoms with Crippen LogP contribution in [-0.4, -0.2) is 4.98 Å². The monoisotopic (exact) mass is 261 g/mol. The van der Waals surface area contributed by atoms with E-state index in [2.05, 4.69) is 67.4 Å². The molecule has 2 aromatic carbocycles. The number of nitrogens with zero attached hydrogens (tertiary/aromatic N) is 1. The van der Waals surface area contributed by atoms with Gasteiger partial charge in [-0.15, -0.1) is 0 Å². The predicted molar refractivity (Wildman–Crippen MR) is 85.7 cm³/mol. The lowest BCUT2D eigenvalue weighted by Gasteiger charge is -2.08. The van der Waals surface area contributed by atoms with Crippen LogP contribution in [0, 0.1) is 5.92 Å². The van der Waals surface area contributed by atoms with E-state index in [4.69, 9.17) is 0 Å². The summed E-state index contributed by atoms with van der Waals surface area (Å²) in [6.45, 7) is 4.51. The highest BCUT2D eigenvalue weighted by molar-refractivity contribution is 5.95. The van der Waals surface area contributed by atoms with Crippen LogP contribution in [0.25, 0.3) is 21.9 Å². The van der Waals surface area contributed by atoms with Crippen LogP contribution in [0.4, 0.5) is 0 Å². The molecule has 0 aliphatic rings. The van der Waals surface area contributed by atoms with Gasteiger partial charge in [-0.1, -0.05) is 62.4 Å². The van der Waals surface area contributed by atoms with Crippen LogP contribution in [0.15, 0.2) is 60.9 Å². The first-order valence-electron chi connectivity index (χ1n) is 7.16. The molecule has 0 unspecified atom stereocenters. The maximum Gasteiger partial charge on any atom is 0.0352 e. The van der Waals surface area contributed by atoms with Gasteiger partial charge in [-0.3, -0.25) is 4.98 Å². The third-order valence-electron chi connectivity index (χ3n) is 3.58. The summed E-state index contributed by atoms with van der Waals surface area (Å²) in [6, 6.07) is 17.3. The van der Waals surface area contributed by atoms with E-state index < -0.39 is 0 Å². The summed E-state index contributed by atoms with van der Waals surface area (Å²) >= 11 is 0. The molecule has 0 aliphatic heterocycles. The maximum absolute atomic E-state index is 4.36. The number of pyridine rings is 1. The lowest BCUT2D eigenvalue weighted by molar-refractivity contribution is 0.647. The molecule has 0 fully saturated rings. The zero-order chi connectivity index (χ0) is 13.9. The molecule has 100 valence electrons. The molecule has 0 bridgehead atoms. The highest BCUT2D eigenvalue weighted by atomic mass is 14.6. The van der Waals surface area contributed by atoms with Gasteiger partial charge in [0.1, 0.15) is 0 Å². The molecule has 0 spiro atoms. The van der Waals surface area contributed by atoms with Crippen LogP contribution in [0.2, 0.25) is 0 Å². The molecule has 0 saturated carbocycles. The van der Waals surface area contributed by atoms with Gasteiger partial charge in [-0.2, -0.15) is 0 Å². The largest absolute Gasteiger partial charge is 0.263 e. The van der Waals surface area contributed by atoms with Crippen molar-refractivity contribution in [3.05, 3.63) is 66.5 Å². The molecular formula is C19H19N. The average Bonchev–Trinajstić information content (AvgIpc) is 2.47. The normalized spacial score (nSPS) is 11.2. The molecule has 0 amide bonds. The maximum atomic E-state index is 4.36. The van der Waals surface area contributed by atoms with Gasteiger partial charge in [0.25, 0.3) is 0 Å². The van der Waals surface area contributed by atoms with Gasteiger partial charge in [-0.05, 0) is 28.9 Å². The fraction of sp³-hybridized carbons (Fsp3) is 0.211. The van der Waals surface area contributed by atoms with Gasteiger partial charge in [0.2, 0.25) is 0 Å². The number of hydrogen-bond acceptors (Lipinski definition) is 1. The summed E-state index contributed by atoms with van der Waals surface area (Å²) in [4.78, 5) is 4.36. The van der Waals surface area contributed by atoms with E-state index in [1.54, 1.807) is 0 Å². The van der Waals surface area contributed by atoms with Crippen molar-refractivity contribution in [3.63, 3.8) is 0 Å². The van der Waals surface area contributed by atoms with Crippen LogP contribution >= 0.6 is 0 Å². The first kappa shape index (κ1) is 12.9. The SMILES string of the molecule is CC(C)Cc1ccc(-c2cncc3ccccc23)cc1. The van der Waals surface area contributed by atoms with Crippen molar-refractivity contribution in [1.82, 2.24) is 4.98 Å². The molecule has 0 saturated heterocycles. The summed E-state index contributed by atoms with van der Waals surface area (Å²) < 4.78 is 0. The van der Waals surface area contributed by atoms with E-state index in [1.165, 1.54) is 27.5 Å². The van der Waals surface area contributed by atoms with Gasteiger partial charge in [-0.25, -0.2) is 0 Å². The smallest absolute Gasteiger partial charge is 0.0352 e. The summed E-state index contributed by atoms with van der Waals surface area (Å²) in [7, 11) is 0. The van der Waals surface area contributed by atoms with E-state index in [9.17, 15) is 0 Å². The molecule has 1 heteroatoms. The molecule has 1 aromatic heterocycles. The van der Waals surface area contributed by atoms with E-state index in [-0.39, 0.29) is 0 Å². The topological polar surface area (TPSA) is 12.9 Å².